The molecule has 5 heteroatoms. The molecular formula is C23H23NO4. The molecule has 0 saturated carbocycles. The van der Waals surface area contributed by atoms with E-state index in [2.05, 4.69) is 17.2 Å². The predicted molar refractivity (Wildman–Crippen MR) is 108 cm³/mol. The van der Waals surface area contributed by atoms with Gasteiger partial charge in [0.05, 0.1) is 7.11 Å². The molecule has 1 N–H and O–H groups in total. The average molecular weight is 377 g/mol. The van der Waals surface area contributed by atoms with Gasteiger partial charge in [0.1, 0.15) is 19.0 Å². The zero-order chi connectivity index (χ0) is 20.2. The Bertz CT molecular complexity index is 860. The van der Waals surface area contributed by atoms with Crippen molar-refractivity contribution in [2.24, 2.45) is 0 Å². The van der Waals surface area contributed by atoms with Gasteiger partial charge in [0.15, 0.2) is 11.5 Å². The van der Waals surface area contributed by atoms with Crippen molar-refractivity contribution in [3.05, 3.63) is 53.6 Å². The summed E-state index contributed by atoms with van der Waals surface area (Å²) in [4.78, 5) is 12.1. The van der Waals surface area contributed by atoms with Crippen LogP contribution in [-0.4, -0.2) is 26.2 Å². The summed E-state index contributed by atoms with van der Waals surface area (Å²) in [6, 6.07) is 13.0. The molecule has 0 bridgehead atoms. The van der Waals surface area contributed by atoms with Gasteiger partial charge in [-0.05, 0) is 41.8 Å². The first-order valence-corrected chi connectivity index (χ1v) is 8.81. The first-order chi connectivity index (χ1) is 13.7. The first-order valence-electron chi connectivity index (χ1n) is 8.81. The molecular weight excluding hydrogens is 354 g/mol. The molecule has 0 aliphatic rings. The molecule has 1 amide bonds. The minimum Gasteiger partial charge on any atom is -0.493 e. The summed E-state index contributed by atoms with van der Waals surface area (Å²) in [6.07, 6.45) is 11.3. The van der Waals surface area contributed by atoms with E-state index in [4.69, 9.17) is 27.1 Å². The third kappa shape index (κ3) is 6.63. The quantitative estimate of drug-likeness (QED) is 0.647. The van der Waals surface area contributed by atoms with Gasteiger partial charge in [-0.1, -0.05) is 30.0 Å². The Hall–Kier alpha value is -3.57. The fraction of sp³-hybridized carbons (Fsp3) is 0.261. The van der Waals surface area contributed by atoms with Crippen LogP contribution < -0.4 is 19.5 Å². The van der Waals surface area contributed by atoms with E-state index in [1.165, 1.54) is 0 Å². The summed E-state index contributed by atoms with van der Waals surface area (Å²) in [5.74, 6) is 6.69. The summed E-state index contributed by atoms with van der Waals surface area (Å²) in [6.45, 7) is 0.865. The highest BCUT2D eigenvalue weighted by Gasteiger charge is 2.08. The van der Waals surface area contributed by atoms with E-state index >= 15 is 0 Å². The van der Waals surface area contributed by atoms with Crippen LogP contribution in [0.15, 0.2) is 42.5 Å². The topological polar surface area (TPSA) is 56.8 Å². The summed E-state index contributed by atoms with van der Waals surface area (Å²) < 4.78 is 16.1. The molecule has 28 heavy (non-hydrogen) atoms. The largest absolute Gasteiger partial charge is 0.493 e. The third-order valence-corrected chi connectivity index (χ3v) is 3.91. The fourth-order valence-electron chi connectivity index (χ4n) is 2.48. The van der Waals surface area contributed by atoms with Crippen molar-refractivity contribution in [3.8, 4) is 41.9 Å². The van der Waals surface area contributed by atoms with Gasteiger partial charge < -0.3 is 19.5 Å². The van der Waals surface area contributed by atoms with Crippen molar-refractivity contribution in [3.63, 3.8) is 0 Å². The van der Waals surface area contributed by atoms with Crippen LogP contribution in [-0.2, 0) is 17.8 Å². The Kier molecular flexibility index (Phi) is 8.30. The van der Waals surface area contributed by atoms with Crippen LogP contribution in [0.4, 0.5) is 0 Å². The van der Waals surface area contributed by atoms with E-state index in [0.717, 1.165) is 11.1 Å². The molecule has 2 aromatic rings. The second-order valence-corrected chi connectivity index (χ2v) is 5.89. The van der Waals surface area contributed by atoms with Gasteiger partial charge in [0.2, 0.25) is 5.91 Å². The van der Waals surface area contributed by atoms with Crippen LogP contribution in [0.3, 0.4) is 0 Å². The predicted octanol–water partition coefficient (Wildman–Crippen LogP) is 2.97. The van der Waals surface area contributed by atoms with Crippen molar-refractivity contribution in [2.45, 2.75) is 19.4 Å². The third-order valence-electron chi connectivity index (χ3n) is 3.91. The highest BCUT2D eigenvalue weighted by Crippen LogP contribution is 2.28. The number of ether oxygens (including phenoxy) is 3. The van der Waals surface area contributed by atoms with E-state index in [0.29, 0.717) is 36.6 Å². The molecule has 0 aromatic heterocycles. The van der Waals surface area contributed by atoms with E-state index in [1.807, 2.05) is 36.4 Å². The number of nitrogens with one attached hydrogen (secondary N) is 1. The summed E-state index contributed by atoms with van der Waals surface area (Å²) in [5, 5.41) is 2.91. The molecule has 0 saturated heterocycles. The van der Waals surface area contributed by atoms with Crippen molar-refractivity contribution < 1.29 is 19.0 Å². The Balaban J connectivity index is 1.80. The molecule has 0 spiro atoms. The van der Waals surface area contributed by atoms with E-state index in [9.17, 15) is 4.79 Å². The Morgan fingerprint density at radius 1 is 0.964 bits per heavy atom. The number of terminal acetylenes is 2. The molecule has 0 atom stereocenters. The number of hydrogen-bond acceptors (Lipinski definition) is 4. The minimum absolute atomic E-state index is 0.0284. The van der Waals surface area contributed by atoms with Crippen LogP contribution in [0, 0.1) is 24.7 Å². The van der Waals surface area contributed by atoms with Gasteiger partial charge in [-0.25, -0.2) is 0 Å². The number of hydrogen-bond donors (Lipinski definition) is 1. The van der Waals surface area contributed by atoms with E-state index in [1.54, 1.807) is 13.2 Å². The standard InChI is InChI=1S/C23H23NO4/c1-4-14-27-20-10-6-19(7-11-20)17-24-23(25)13-9-18-8-12-21(28-15-5-2)22(16-18)26-3/h1-2,6-8,10-12,16H,9,13-15,17H2,3H3,(H,24,25). The van der Waals surface area contributed by atoms with Crippen molar-refractivity contribution in [1.29, 1.82) is 0 Å². The zero-order valence-electron chi connectivity index (χ0n) is 15.9. The molecule has 0 aliphatic carbocycles. The van der Waals surface area contributed by atoms with Crippen molar-refractivity contribution in [2.75, 3.05) is 20.3 Å². The smallest absolute Gasteiger partial charge is 0.220 e. The minimum atomic E-state index is -0.0284. The average Bonchev–Trinajstić information content (AvgIpc) is 2.74. The number of benzene rings is 2. The number of carbonyl (C=O) groups excluding carboxylic acids is 1. The van der Waals surface area contributed by atoms with Crippen molar-refractivity contribution >= 4 is 5.91 Å². The molecule has 5 nitrogen and oxygen atoms in total. The summed E-state index contributed by atoms with van der Waals surface area (Å²) in [5.41, 5.74) is 1.97. The lowest BCUT2D eigenvalue weighted by atomic mass is 10.1. The van der Waals surface area contributed by atoms with Gasteiger partial charge in [0, 0.05) is 13.0 Å². The maximum Gasteiger partial charge on any atom is 0.220 e. The number of carbonyl (C=O) groups is 1. The second kappa shape index (κ2) is 11.2. The lowest BCUT2D eigenvalue weighted by Gasteiger charge is -2.11. The lowest BCUT2D eigenvalue weighted by Crippen LogP contribution is -2.22. The van der Waals surface area contributed by atoms with E-state index < -0.39 is 0 Å². The number of amides is 1. The van der Waals surface area contributed by atoms with Crippen LogP contribution in [0.5, 0.6) is 17.2 Å². The molecule has 144 valence electrons. The van der Waals surface area contributed by atoms with E-state index in [-0.39, 0.29) is 19.1 Å². The van der Waals surface area contributed by atoms with Gasteiger partial charge in [0.25, 0.3) is 0 Å². The molecule has 2 aromatic carbocycles. The number of methoxy groups -OCH3 is 1. The maximum atomic E-state index is 12.1. The fourth-order valence-corrected chi connectivity index (χ4v) is 2.48. The van der Waals surface area contributed by atoms with Crippen LogP contribution >= 0.6 is 0 Å². The maximum absolute atomic E-state index is 12.1. The molecule has 0 radical (unpaired) electrons. The van der Waals surface area contributed by atoms with Crippen molar-refractivity contribution in [1.82, 2.24) is 5.32 Å². The first kappa shape index (κ1) is 20.7. The van der Waals surface area contributed by atoms with Gasteiger partial charge in [-0.3, -0.25) is 4.79 Å². The number of aryl methyl sites for hydroxylation is 1. The second-order valence-electron chi connectivity index (χ2n) is 5.89. The Morgan fingerprint density at radius 2 is 1.64 bits per heavy atom. The molecule has 2 rings (SSSR count). The van der Waals surface area contributed by atoms with Crippen LogP contribution in [0.1, 0.15) is 17.5 Å². The highest BCUT2D eigenvalue weighted by atomic mass is 16.5. The Labute approximate surface area is 166 Å². The molecule has 0 aliphatic heterocycles. The van der Waals surface area contributed by atoms with Gasteiger partial charge in [-0.2, -0.15) is 0 Å². The number of rotatable bonds is 10. The highest BCUT2D eigenvalue weighted by molar-refractivity contribution is 5.76. The molecule has 0 fully saturated rings. The molecule has 0 unspecified atom stereocenters. The lowest BCUT2D eigenvalue weighted by molar-refractivity contribution is -0.121. The Morgan fingerprint density at radius 3 is 2.32 bits per heavy atom. The van der Waals surface area contributed by atoms with Crippen LogP contribution in [0.2, 0.25) is 0 Å². The monoisotopic (exact) mass is 377 g/mol. The summed E-state index contributed by atoms with van der Waals surface area (Å²) in [7, 11) is 1.57. The molecule has 0 heterocycles. The van der Waals surface area contributed by atoms with Gasteiger partial charge in [-0.15, -0.1) is 12.8 Å². The van der Waals surface area contributed by atoms with Gasteiger partial charge >= 0.3 is 0 Å². The normalized spacial score (nSPS) is 9.68. The van der Waals surface area contributed by atoms with Crippen LogP contribution in [0.25, 0.3) is 0 Å². The zero-order valence-corrected chi connectivity index (χ0v) is 15.9. The summed E-state index contributed by atoms with van der Waals surface area (Å²) >= 11 is 0. The SMILES string of the molecule is C#CCOc1ccc(CNC(=O)CCc2ccc(OCC#C)c(OC)c2)cc1.